The van der Waals surface area contributed by atoms with Gasteiger partial charge in [0.2, 0.25) is 5.91 Å². The maximum Gasteiger partial charge on any atom is 0.305 e. The van der Waals surface area contributed by atoms with Crippen molar-refractivity contribution in [3.63, 3.8) is 0 Å². The maximum absolute atomic E-state index is 12.8. The topological polar surface area (TPSA) is 75.6 Å². The summed E-state index contributed by atoms with van der Waals surface area (Å²) in [5, 5.41) is 13.3. The minimum absolute atomic E-state index is 0.0439. The maximum atomic E-state index is 12.8. The third kappa shape index (κ3) is 5.44. The number of ether oxygens (including phenoxy) is 1. The Balaban J connectivity index is 1.88. The lowest BCUT2D eigenvalue weighted by Gasteiger charge is -2.28. The number of carbonyl (C=O) groups excluding carboxylic acids is 2. The van der Waals surface area contributed by atoms with Crippen molar-refractivity contribution >= 4 is 11.9 Å². The minimum Gasteiger partial charge on any atom is -0.469 e. The Kier molecular flexibility index (Phi) is 7.44. The standard InChI is InChI=1S/C21H33NO4/c1-4-12-21(2,25)14-22-20(24)19-16-11-10-15(13-16)17(19)8-6-5-7-9-18(23)26-3/h6,8,10-11,15-17,19,25H,4-5,7,9,12-14H2,1-3H3,(H,22,24). The highest BCUT2D eigenvalue weighted by atomic mass is 16.5. The summed E-state index contributed by atoms with van der Waals surface area (Å²) < 4.78 is 4.65. The molecule has 0 heterocycles. The summed E-state index contributed by atoms with van der Waals surface area (Å²) in [6.45, 7) is 4.10. The number of unbranched alkanes of at least 4 members (excludes halogenated alkanes) is 1. The summed E-state index contributed by atoms with van der Waals surface area (Å²) in [7, 11) is 1.40. The van der Waals surface area contributed by atoms with Crippen molar-refractivity contribution in [2.24, 2.45) is 23.7 Å². The predicted octanol–water partition coefficient (Wildman–Crippen LogP) is 2.99. The van der Waals surface area contributed by atoms with Crippen LogP contribution >= 0.6 is 0 Å². The Morgan fingerprint density at radius 2 is 2.08 bits per heavy atom. The van der Waals surface area contributed by atoms with Gasteiger partial charge in [-0.3, -0.25) is 9.59 Å². The van der Waals surface area contributed by atoms with E-state index in [1.807, 2.05) is 6.92 Å². The molecule has 0 saturated heterocycles. The minimum atomic E-state index is -0.850. The van der Waals surface area contributed by atoms with Crippen LogP contribution in [0.5, 0.6) is 0 Å². The molecule has 146 valence electrons. The summed E-state index contributed by atoms with van der Waals surface area (Å²) in [5.41, 5.74) is -0.850. The second kappa shape index (κ2) is 9.36. The molecule has 2 bridgehead atoms. The van der Waals surface area contributed by atoms with Crippen molar-refractivity contribution in [2.45, 2.75) is 58.0 Å². The van der Waals surface area contributed by atoms with Gasteiger partial charge in [0, 0.05) is 13.0 Å². The smallest absolute Gasteiger partial charge is 0.305 e. The number of allylic oxidation sites excluding steroid dienone is 4. The number of rotatable bonds is 10. The van der Waals surface area contributed by atoms with Crippen LogP contribution in [0.4, 0.5) is 0 Å². The van der Waals surface area contributed by atoms with Crippen LogP contribution in [0.2, 0.25) is 0 Å². The SMILES string of the molecule is CCCC(C)(O)CNC(=O)C1C2C=CC(C2)C1C=CCCCC(=O)OC. The number of aliphatic hydroxyl groups is 1. The first kappa shape index (κ1) is 20.7. The summed E-state index contributed by atoms with van der Waals surface area (Å²) in [6.07, 6.45) is 13.2. The van der Waals surface area contributed by atoms with Gasteiger partial charge in [0.1, 0.15) is 0 Å². The summed E-state index contributed by atoms with van der Waals surface area (Å²) in [4.78, 5) is 23.9. The van der Waals surface area contributed by atoms with E-state index in [-0.39, 0.29) is 23.7 Å². The Morgan fingerprint density at radius 1 is 1.35 bits per heavy atom. The average Bonchev–Trinajstić information content (AvgIpc) is 3.20. The van der Waals surface area contributed by atoms with Crippen molar-refractivity contribution in [1.82, 2.24) is 5.32 Å². The molecule has 0 aromatic rings. The second-order valence-electron chi connectivity index (χ2n) is 7.91. The van der Waals surface area contributed by atoms with Gasteiger partial charge in [-0.05, 0) is 50.4 Å². The van der Waals surface area contributed by atoms with E-state index in [4.69, 9.17) is 0 Å². The van der Waals surface area contributed by atoms with Crippen LogP contribution in [0.3, 0.4) is 0 Å². The van der Waals surface area contributed by atoms with E-state index >= 15 is 0 Å². The molecule has 0 aliphatic heterocycles. The lowest BCUT2D eigenvalue weighted by atomic mass is 9.82. The molecule has 26 heavy (non-hydrogen) atoms. The molecule has 1 fully saturated rings. The Morgan fingerprint density at radius 3 is 2.77 bits per heavy atom. The molecule has 5 atom stereocenters. The molecule has 2 aliphatic rings. The third-order valence-corrected chi connectivity index (χ3v) is 5.59. The number of hydrogen-bond acceptors (Lipinski definition) is 4. The number of methoxy groups -OCH3 is 1. The lowest BCUT2D eigenvalue weighted by molar-refractivity contribution is -0.140. The first-order chi connectivity index (χ1) is 12.4. The third-order valence-electron chi connectivity index (χ3n) is 5.59. The summed E-state index contributed by atoms with van der Waals surface area (Å²) >= 11 is 0. The molecule has 1 amide bonds. The fourth-order valence-electron chi connectivity index (χ4n) is 4.23. The van der Waals surface area contributed by atoms with Gasteiger partial charge in [-0.15, -0.1) is 0 Å². The lowest BCUT2D eigenvalue weighted by Crippen LogP contribution is -2.44. The molecule has 2 rings (SSSR count). The van der Waals surface area contributed by atoms with Gasteiger partial charge in [-0.25, -0.2) is 0 Å². The first-order valence-electron chi connectivity index (χ1n) is 9.80. The van der Waals surface area contributed by atoms with E-state index in [9.17, 15) is 14.7 Å². The van der Waals surface area contributed by atoms with Gasteiger partial charge in [-0.1, -0.05) is 37.6 Å². The normalized spacial score (nSPS) is 29.1. The Labute approximate surface area is 156 Å². The molecular formula is C21H33NO4. The zero-order valence-electron chi connectivity index (χ0n) is 16.2. The van der Waals surface area contributed by atoms with E-state index in [2.05, 4.69) is 34.4 Å². The molecule has 0 radical (unpaired) electrons. The molecule has 5 heteroatoms. The highest BCUT2D eigenvalue weighted by Gasteiger charge is 2.46. The highest BCUT2D eigenvalue weighted by Crippen LogP contribution is 2.48. The van der Waals surface area contributed by atoms with Crippen molar-refractivity contribution in [3.05, 3.63) is 24.3 Å². The van der Waals surface area contributed by atoms with Gasteiger partial charge in [-0.2, -0.15) is 0 Å². The van der Waals surface area contributed by atoms with E-state index in [1.54, 1.807) is 6.92 Å². The number of amides is 1. The monoisotopic (exact) mass is 363 g/mol. The van der Waals surface area contributed by atoms with Crippen LogP contribution in [0.15, 0.2) is 24.3 Å². The van der Waals surface area contributed by atoms with Crippen LogP contribution in [0.25, 0.3) is 0 Å². The number of nitrogens with one attached hydrogen (secondary N) is 1. The van der Waals surface area contributed by atoms with Crippen molar-refractivity contribution < 1.29 is 19.4 Å². The molecule has 2 aliphatic carbocycles. The van der Waals surface area contributed by atoms with Crippen molar-refractivity contribution in [3.8, 4) is 0 Å². The molecule has 0 spiro atoms. The summed E-state index contributed by atoms with van der Waals surface area (Å²) in [5.74, 6) is 0.725. The Hall–Kier alpha value is -1.62. The molecule has 5 unspecified atom stereocenters. The fourth-order valence-corrected chi connectivity index (χ4v) is 4.23. The second-order valence-corrected chi connectivity index (χ2v) is 7.91. The highest BCUT2D eigenvalue weighted by molar-refractivity contribution is 5.80. The van der Waals surface area contributed by atoms with Crippen LogP contribution < -0.4 is 5.32 Å². The van der Waals surface area contributed by atoms with Crippen LogP contribution in [0.1, 0.15) is 52.4 Å². The molecule has 0 aromatic heterocycles. The van der Waals surface area contributed by atoms with Gasteiger partial charge in [0.25, 0.3) is 0 Å². The molecule has 2 N–H and O–H groups in total. The van der Waals surface area contributed by atoms with Gasteiger partial charge in [0.05, 0.1) is 18.6 Å². The van der Waals surface area contributed by atoms with Crippen molar-refractivity contribution in [2.75, 3.05) is 13.7 Å². The first-order valence-corrected chi connectivity index (χ1v) is 9.80. The zero-order chi connectivity index (χ0) is 19.2. The Bertz CT molecular complexity index is 552. The quantitative estimate of drug-likeness (QED) is 0.355. The average molecular weight is 363 g/mol. The van der Waals surface area contributed by atoms with Crippen molar-refractivity contribution in [1.29, 1.82) is 0 Å². The zero-order valence-corrected chi connectivity index (χ0v) is 16.2. The summed E-state index contributed by atoms with van der Waals surface area (Å²) in [6, 6.07) is 0. The van der Waals surface area contributed by atoms with Gasteiger partial charge in [0.15, 0.2) is 0 Å². The molecule has 1 saturated carbocycles. The van der Waals surface area contributed by atoms with Gasteiger partial charge < -0.3 is 15.2 Å². The predicted molar refractivity (Wildman–Crippen MR) is 101 cm³/mol. The molecular weight excluding hydrogens is 330 g/mol. The molecule has 0 aromatic carbocycles. The van der Waals surface area contributed by atoms with Crippen LogP contribution in [-0.2, 0) is 14.3 Å². The molecule has 5 nitrogen and oxygen atoms in total. The van der Waals surface area contributed by atoms with Crippen LogP contribution in [0, 0.1) is 23.7 Å². The fraction of sp³-hybridized carbons (Fsp3) is 0.714. The number of carbonyl (C=O) groups is 2. The van der Waals surface area contributed by atoms with Gasteiger partial charge >= 0.3 is 5.97 Å². The van der Waals surface area contributed by atoms with E-state index in [0.29, 0.717) is 31.2 Å². The van der Waals surface area contributed by atoms with E-state index < -0.39 is 5.60 Å². The number of esters is 1. The van der Waals surface area contributed by atoms with Crippen LogP contribution in [-0.4, -0.2) is 36.2 Å². The largest absolute Gasteiger partial charge is 0.469 e. The number of fused-ring (bicyclic) bond motifs is 2. The number of hydrogen-bond donors (Lipinski definition) is 2. The van der Waals surface area contributed by atoms with E-state index in [1.165, 1.54) is 7.11 Å². The van der Waals surface area contributed by atoms with E-state index in [0.717, 1.165) is 25.7 Å².